The van der Waals surface area contributed by atoms with Gasteiger partial charge < -0.3 is 9.47 Å². The Balaban J connectivity index is 1.34. The molecule has 0 aliphatic heterocycles. The van der Waals surface area contributed by atoms with Crippen LogP contribution in [0, 0.1) is 0 Å². The summed E-state index contributed by atoms with van der Waals surface area (Å²) in [5, 5.41) is 5.00. The van der Waals surface area contributed by atoms with Gasteiger partial charge in [-0.05, 0) is 147 Å². The maximum absolute atomic E-state index is 5.65. The van der Waals surface area contributed by atoms with Gasteiger partial charge >= 0.3 is 0 Å². The summed E-state index contributed by atoms with van der Waals surface area (Å²) in [6, 6.07) is 49.8. The first-order valence-electron chi connectivity index (χ1n) is 20.3. The van der Waals surface area contributed by atoms with Gasteiger partial charge in [-0.2, -0.15) is 0 Å². The minimum absolute atomic E-state index is 0.158. The lowest BCUT2D eigenvalue weighted by Crippen LogP contribution is -2.22. The van der Waals surface area contributed by atoms with Crippen LogP contribution in [0.4, 0.5) is 0 Å². The van der Waals surface area contributed by atoms with Crippen molar-refractivity contribution in [2.24, 2.45) is 0 Å². The Kier molecular flexibility index (Phi) is 6.88. The molecule has 0 saturated carbocycles. The Morgan fingerprint density at radius 1 is 0.333 bits per heavy atom. The average molecular weight is 739 g/mol. The van der Waals surface area contributed by atoms with Gasteiger partial charge in [0.15, 0.2) is 0 Å². The number of methoxy groups -OCH3 is 2. The summed E-state index contributed by atoms with van der Waals surface area (Å²) in [5.41, 5.74) is 21.3. The van der Waals surface area contributed by atoms with Crippen molar-refractivity contribution in [2.75, 3.05) is 14.2 Å². The molecule has 0 amide bonds. The van der Waals surface area contributed by atoms with Crippen LogP contribution in [-0.2, 0) is 16.2 Å². The molecule has 2 heteroatoms. The molecule has 0 N–H and O–H groups in total. The molecule has 0 unspecified atom stereocenters. The molecule has 3 aliphatic rings. The Morgan fingerprint density at radius 3 is 1.14 bits per heavy atom. The Hall–Kier alpha value is -6.12. The van der Waals surface area contributed by atoms with Crippen molar-refractivity contribution in [1.82, 2.24) is 0 Å². The zero-order chi connectivity index (χ0) is 39.2. The lowest BCUT2D eigenvalue weighted by atomic mass is 9.71. The monoisotopic (exact) mass is 738 g/mol. The molecular formula is C55H46O2. The first-order valence-corrected chi connectivity index (χ1v) is 20.3. The van der Waals surface area contributed by atoms with Crippen LogP contribution in [-0.4, -0.2) is 14.2 Å². The predicted octanol–water partition coefficient (Wildman–Crippen LogP) is 14.3. The van der Waals surface area contributed by atoms with E-state index in [2.05, 4.69) is 175 Å². The molecule has 0 radical (unpaired) electrons. The third-order valence-electron chi connectivity index (χ3n) is 14.0. The zero-order valence-electron chi connectivity index (χ0n) is 34.0. The first kappa shape index (κ1) is 34.2. The molecule has 0 heterocycles. The number of hydrogen-bond acceptors (Lipinski definition) is 2. The summed E-state index contributed by atoms with van der Waals surface area (Å²) >= 11 is 0. The van der Waals surface area contributed by atoms with Crippen molar-refractivity contribution >= 4 is 21.5 Å². The Labute approximate surface area is 335 Å². The van der Waals surface area contributed by atoms with E-state index in [4.69, 9.17) is 9.47 Å². The Bertz CT molecular complexity index is 3030. The number of hydrogen-bond donors (Lipinski definition) is 0. The second kappa shape index (κ2) is 11.5. The first-order chi connectivity index (χ1) is 27.5. The summed E-state index contributed by atoms with van der Waals surface area (Å²) in [5.74, 6) is 1.71. The van der Waals surface area contributed by atoms with Crippen LogP contribution in [0.3, 0.4) is 0 Å². The summed E-state index contributed by atoms with van der Waals surface area (Å²) in [4.78, 5) is 0. The van der Waals surface area contributed by atoms with E-state index in [0.29, 0.717) is 0 Å². The van der Waals surface area contributed by atoms with E-state index in [1.54, 1.807) is 14.2 Å². The van der Waals surface area contributed by atoms with E-state index >= 15 is 0 Å². The number of ether oxygens (including phenoxy) is 2. The van der Waals surface area contributed by atoms with E-state index in [9.17, 15) is 0 Å². The molecule has 0 atom stereocenters. The largest absolute Gasteiger partial charge is 0.497 e. The molecule has 3 aliphatic carbocycles. The van der Waals surface area contributed by atoms with E-state index in [1.165, 1.54) is 111 Å². The summed E-state index contributed by atoms with van der Waals surface area (Å²) < 4.78 is 11.3. The molecule has 0 spiro atoms. The van der Waals surface area contributed by atoms with Crippen molar-refractivity contribution in [2.45, 2.75) is 57.8 Å². The van der Waals surface area contributed by atoms with Gasteiger partial charge in [0, 0.05) is 16.2 Å². The van der Waals surface area contributed by atoms with Crippen LogP contribution in [0.25, 0.3) is 77.2 Å². The lowest BCUT2D eigenvalue weighted by molar-refractivity contribution is 0.415. The van der Waals surface area contributed by atoms with Crippen molar-refractivity contribution in [1.29, 1.82) is 0 Å². The minimum atomic E-state index is -0.278. The van der Waals surface area contributed by atoms with E-state index in [1.807, 2.05) is 0 Å². The van der Waals surface area contributed by atoms with Crippen LogP contribution in [0.1, 0.15) is 74.9 Å². The third kappa shape index (κ3) is 4.31. The van der Waals surface area contributed by atoms with Gasteiger partial charge in [0.05, 0.1) is 14.2 Å². The van der Waals surface area contributed by atoms with Gasteiger partial charge in [0.25, 0.3) is 0 Å². The highest BCUT2D eigenvalue weighted by molar-refractivity contribution is 6.23. The standard InChI is InChI=1S/C55H46O2/c1-53(2)42-19-13-12-18-38(42)48-50(53)47-37-17-11-14-20-43(37)54(3,4)51(47)49-41-29-39-40(30-44(41)55(5,6)52(48)49)46(32-23-27-34(57-8)28-24-32)36-16-10-9-15-35(36)45(39)31-21-25-33(56-7)26-22-31/h9-30H,1-8H3. The average Bonchev–Trinajstić information content (AvgIpc) is 3.71. The van der Waals surface area contributed by atoms with E-state index in [-0.39, 0.29) is 16.2 Å². The molecule has 11 rings (SSSR count). The fraction of sp³-hybridized carbons (Fsp3) is 0.200. The van der Waals surface area contributed by atoms with Crippen LogP contribution in [0.2, 0.25) is 0 Å². The Morgan fingerprint density at radius 2 is 0.702 bits per heavy atom. The van der Waals surface area contributed by atoms with Crippen LogP contribution >= 0.6 is 0 Å². The van der Waals surface area contributed by atoms with Crippen molar-refractivity contribution in [3.63, 3.8) is 0 Å². The highest BCUT2D eigenvalue weighted by atomic mass is 16.5. The number of fused-ring (bicyclic) bond motifs is 14. The molecule has 0 aromatic heterocycles. The molecule has 278 valence electrons. The molecule has 0 fully saturated rings. The van der Waals surface area contributed by atoms with Gasteiger partial charge in [-0.3, -0.25) is 0 Å². The topological polar surface area (TPSA) is 18.5 Å². The number of rotatable bonds is 4. The predicted molar refractivity (Wildman–Crippen MR) is 238 cm³/mol. The summed E-state index contributed by atoms with van der Waals surface area (Å²) in [7, 11) is 3.47. The minimum Gasteiger partial charge on any atom is -0.497 e. The quantitative estimate of drug-likeness (QED) is 0.167. The van der Waals surface area contributed by atoms with E-state index < -0.39 is 0 Å². The van der Waals surface area contributed by atoms with Crippen LogP contribution in [0.15, 0.2) is 133 Å². The van der Waals surface area contributed by atoms with Gasteiger partial charge in [-0.15, -0.1) is 0 Å². The zero-order valence-corrected chi connectivity index (χ0v) is 34.0. The van der Waals surface area contributed by atoms with Crippen molar-refractivity contribution < 1.29 is 9.47 Å². The molecule has 0 bridgehead atoms. The molecule has 8 aromatic rings. The van der Waals surface area contributed by atoms with Gasteiger partial charge in [-0.25, -0.2) is 0 Å². The maximum Gasteiger partial charge on any atom is 0.118 e. The fourth-order valence-electron chi connectivity index (χ4n) is 11.4. The summed E-state index contributed by atoms with van der Waals surface area (Å²) in [6.45, 7) is 14.8. The fourth-order valence-corrected chi connectivity index (χ4v) is 11.4. The smallest absolute Gasteiger partial charge is 0.118 e. The second-order valence-corrected chi connectivity index (χ2v) is 17.9. The lowest BCUT2D eigenvalue weighted by Gasteiger charge is -2.31. The second-order valence-electron chi connectivity index (χ2n) is 17.9. The molecular weight excluding hydrogens is 693 g/mol. The maximum atomic E-state index is 5.65. The summed E-state index contributed by atoms with van der Waals surface area (Å²) in [6.07, 6.45) is 0. The van der Waals surface area contributed by atoms with Gasteiger partial charge in [-0.1, -0.05) is 139 Å². The molecule has 8 aromatic carbocycles. The normalized spacial score (nSPS) is 15.8. The van der Waals surface area contributed by atoms with Gasteiger partial charge in [0.2, 0.25) is 0 Å². The number of benzene rings is 8. The highest BCUT2D eigenvalue weighted by Crippen LogP contribution is 2.68. The van der Waals surface area contributed by atoms with Gasteiger partial charge in [0.1, 0.15) is 11.5 Å². The highest BCUT2D eigenvalue weighted by Gasteiger charge is 2.52. The molecule has 2 nitrogen and oxygen atoms in total. The van der Waals surface area contributed by atoms with Crippen molar-refractivity contribution in [3.8, 4) is 67.1 Å². The van der Waals surface area contributed by atoms with Crippen molar-refractivity contribution in [3.05, 3.63) is 167 Å². The van der Waals surface area contributed by atoms with Crippen LogP contribution < -0.4 is 9.47 Å². The molecule has 57 heavy (non-hydrogen) atoms. The van der Waals surface area contributed by atoms with Crippen LogP contribution in [0.5, 0.6) is 11.5 Å². The van der Waals surface area contributed by atoms with E-state index in [0.717, 1.165) is 11.5 Å². The third-order valence-corrected chi connectivity index (χ3v) is 14.0. The SMILES string of the molecule is COc1ccc(-c2c3ccccc3c(-c3ccc(OC)cc3)c3cc4c(cc23)-c2c3c(c5c(c2C4(C)C)-c2ccccc2C5(C)C)-c2ccccc2C3(C)C)cc1. The molecule has 0 saturated heterocycles.